The van der Waals surface area contributed by atoms with Crippen molar-refractivity contribution < 1.29 is 9.18 Å². The van der Waals surface area contributed by atoms with E-state index in [2.05, 4.69) is 10.4 Å². The van der Waals surface area contributed by atoms with Crippen LogP contribution in [0.3, 0.4) is 0 Å². The molecule has 1 heterocycles. The molecule has 0 unspecified atom stereocenters. The highest BCUT2D eigenvalue weighted by Gasteiger charge is 2.20. The third kappa shape index (κ3) is 3.69. The largest absolute Gasteiger partial charge is 0.352 e. The van der Waals surface area contributed by atoms with Crippen LogP contribution in [-0.2, 0) is 6.54 Å². The van der Waals surface area contributed by atoms with Crippen LogP contribution in [0.1, 0.15) is 23.0 Å². The molecule has 138 valence electrons. The molecule has 1 aromatic heterocycles. The fourth-order valence-electron chi connectivity index (χ4n) is 2.59. The lowest BCUT2D eigenvalue weighted by Gasteiger charge is -2.11. The molecule has 3 rings (SSSR count). The van der Waals surface area contributed by atoms with E-state index in [1.807, 2.05) is 13.0 Å². The van der Waals surface area contributed by atoms with Gasteiger partial charge < -0.3 is 5.32 Å². The molecule has 0 bridgehead atoms. The molecule has 0 saturated carbocycles. The Bertz CT molecular complexity index is 1120. The number of carbonyl (C=O) groups is 1. The second-order valence-corrected chi connectivity index (χ2v) is 5.89. The average molecular weight is 368 g/mol. The standard InChI is InChI=1S/C19H17FN4O3/c1-3-23-18(26)16(17(25)21-14-9-7-13(20)8-10-14)22-24(19(23)27)15-6-4-5-12(2)11-15/h4-11H,3H2,1-2H3,(H,21,25). The normalized spacial score (nSPS) is 10.6. The van der Waals surface area contributed by atoms with Crippen LogP contribution in [0, 0.1) is 12.7 Å². The molecule has 0 atom stereocenters. The molecule has 1 N–H and O–H groups in total. The van der Waals surface area contributed by atoms with Gasteiger partial charge >= 0.3 is 5.69 Å². The third-order valence-electron chi connectivity index (χ3n) is 3.94. The summed E-state index contributed by atoms with van der Waals surface area (Å²) in [6.07, 6.45) is 0. The molecule has 0 saturated heterocycles. The van der Waals surface area contributed by atoms with E-state index in [0.29, 0.717) is 11.4 Å². The SMILES string of the molecule is CCn1c(=O)c(C(=O)Nc2ccc(F)cc2)nn(-c2cccc(C)c2)c1=O. The van der Waals surface area contributed by atoms with E-state index in [-0.39, 0.29) is 6.54 Å². The van der Waals surface area contributed by atoms with Gasteiger partial charge in [0.2, 0.25) is 5.69 Å². The maximum atomic E-state index is 13.0. The summed E-state index contributed by atoms with van der Waals surface area (Å²) in [5.41, 5.74) is -0.204. The van der Waals surface area contributed by atoms with Crippen LogP contribution in [0.4, 0.5) is 10.1 Å². The number of hydrogen-bond donors (Lipinski definition) is 1. The summed E-state index contributed by atoms with van der Waals surface area (Å²) < 4.78 is 15.0. The smallest absolute Gasteiger partial charge is 0.320 e. The first-order valence-electron chi connectivity index (χ1n) is 8.29. The van der Waals surface area contributed by atoms with Crippen molar-refractivity contribution in [2.45, 2.75) is 20.4 Å². The molecule has 0 radical (unpaired) electrons. The van der Waals surface area contributed by atoms with Crippen LogP contribution < -0.4 is 16.6 Å². The van der Waals surface area contributed by atoms with E-state index >= 15 is 0 Å². The minimum atomic E-state index is -0.786. The third-order valence-corrected chi connectivity index (χ3v) is 3.94. The number of carbonyl (C=O) groups excluding carboxylic acids is 1. The molecule has 8 heteroatoms. The first-order valence-corrected chi connectivity index (χ1v) is 8.29. The van der Waals surface area contributed by atoms with Crippen LogP contribution in [0.25, 0.3) is 5.69 Å². The van der Waals surface area contributed by atoms with Gasteiger partial charge in [0.1, 0.15) is 5.82 Å². The quantitative estimate of drug-likeness (QED) is 0.764. The Hall–Kier alpha value is -3.55. The summed E-state index contributed by atoms with van der Waals surface area (Å²) in [7, 11) is 0. The van der Waals surface area contributed by atoms with E-state index in [1.54, 1.807) is 25.1 Å². The molecule has 0 fully saturated rings. The molecule has 0 aliphatic carbocycles. The van der Waals surface area contributed by atoms with Gasteiger partial charge in [0, 0.05) is 12.2 Å². The zero-order chi connectivity index (χ0) is 19.6. The van der Waals surface area contributed by atoms with E-state index in [1.165, 1.54) is 24.3 Å². The van der Waals surface area contributed by atoms with Crippen LogP contribution >= 0.6 is 0 Å². The van der Waals surface area contributed by atoms with Gasteiger partial charge in [-0.1, -0.05) is 12.1 Å². The van der Waals surface area contributed by atoms with Gasteiger partial charge in [-0.2, -0.15) is 9.78 Å². The van der Waals surface area contributed by atoms with Crippen molar-refractivity contribution in [2.75, 3.05) is 5.32 Å². The number of amides is 1. The van der Waals surface area contributed by atoms with E-state index in [0.717, 1.165) is 14.8 Å². The molecular formula is C19H17FN4O3. The fraction of sp³-hybridized carbons (Fsp3) is 0.158. The van der Waals surface area contributed by atoms with Gasteiger partial charge in [0.15, 0.2) is 0 Å². The van der Waals surface area contributed by atoms with Crippen LogP contribution in [-0.4, -0.2) is 20.3 Å². The van der Waals surface area contributed by atoms with E-state index in [9.17, 15) is 18.8 Å². The lowest BCUT2D eigenvalue weighted by molar-refractivity contribution is 0.101. The lowest BCUT2D eigenvalue weighted by atomic mass is 10.2. The van der Waals surface area contributed by atoms with Crippen molar-refractivity contribution >= 4 is 11.6 Å². The summed E-state index contributed by atoms with van der Waals surface area (Å²) in [6.45, 7) is 3.57. The minimum Gasteiger partial charge on any atom is -0.320 e. The summed E-state index contributed by atoms with van der Waals surface area (Å²) >= 11 is 0. The number of aromatic nitrogens is 3. The first kappa shape index (κ1) is 18.2. The number of rotatable bonds is 4. The predicted octanol–water partition coefficient (Wildman–Crippen LogP) is 2.11. The van der Waals surface area contributed by atoms with Gasteiger partial charge in [-0.25, -0.2) is 9.18 Å². The molecule has 3 aromatic rings. The first-order chi connectivity index (χ1) is 12.9. The van der Waals surface area contributed by atoms with Gasteiger partial charge in [0.05, 0.1) is 5.69 Å². The fourth-order valence-corrected chi connectivity index (χ4v) is 2.59. The number of nitrogens with zero attached hydrogens (tertiary/aromatic N) is 3. The van der Waals surface area contributed by atoms with Crippen LogP contribution in [0.15, 0.2) is 58.1 Å². The number of aryl methyl sites for hydroxylation is 1. The Morgan fingerprint density at radius 3 is 2.48 bits per heavy atom. The number of nitrogens with one attached hydrogen (secondary N) is 1. The number of anilines is 1. The zero-order valence-electron chi connectivity index (χ0n) is 14.8. The highest BCUT2D eigenvalue weighted by Crippen LogP contribution is 2.10. The molecule has 7 nitrogen and oxygen atoms in total. The maximum Gasteiger partial charge on any atom is 0.352 e. The number of halogens is 1. The Morgan fingerprint density at radius 1 is 1.15 bits per heavy atom. The Labute approximate surface area is 153 Å². The molecule has 1 amide bonds. The van der Waals surface area contributed by atoms with Crippen molar-refractivity contribution in [1.29, 1.82) is 0 Å². The highest BCUT2D eigenvalue weighted by atomic mass is 19.1. The summed E-state index contributed by atoms with van der Waals surface area (Å²) in [4.78, 5) is 37.7. The number of hydrogen-bond acceptors (Lipinski definition) is 4. The van der Waals surface area contributed by atoms with Crippen LogP contribution in [0.5, 0.6) is 0 Å². The molecule has 0 aliphatic rings. The molecular weight excluding hydrogens is 351 g/mol. The second-order valence-electron chi connectivity index (χ2n) is 5.89. The molecule has 27 heavy (non-hydrogen) atoms. The van der Waals surface area contributed by atoms with Crippen molar-refractivity contribution in [3.63, 3.8) is 0 Å². The average Bonchev–Trinajstić information content (AvgIpc) is 2.64. The highest BCUT2D eigenvalue weighted by molar-refractivity contribution is 6.02. The second kappa shape index (κ2) is 7.36. The monoisotopic (exact) mass is 368 g/mol. The van der Waals surface area contributed by atoms with Gasteiger partial charge in [-0.05, 0) is 55.8 Å². The predicted molar refractivity (Wildman–Crippen MR) is 98.9 cm³/mol. The maximum absolute atomic E-state index is 13.0. The number of benzene rings is 2. The molecule has 0 spiro atoms. The molecule has 0 aliphatic heterocycles. The van der Waals surface area contributed by atoms with Crippen molar-refractivity contribution in [2.24, 2.45) is 0 Å². The van der Waals surface area contributed by atoms with Gasteiger partial charge in [-0.15, -0.1) is 0 Å². The Morgan fingerprint density at radius 2 is 1.85 bits per heavy atom. The van der Waals surface area contributed by atoms with Crippen LogP contribution in [0.2, 0.25) is 0 Å². The topological polar surface area (TPSA) is 86.0 Å². The van der Waals surface area contributed by atoms with Crippen molar-refractivity contribution in [3.8, 4) is 5.69 Å². The molecule has 2 aromatic carbocycles. The van der Waals surface area contributed by atoms with E-state index in [4.69, 9.17) is 0 Å². The zero-order valence-corrected chi connectivity index (χ0v) is 14.8. The van der Waals surface area contributed by atoms with Crippen molar-refractivity contribution in [3.05, 3.63) is 86.4 Å². The van der Waals surface area contributed by atoms with Gasteiger partial charge in [-0.3, -0.25) is 14.2 Å². The van der Waals surface area contributed by atoms with Gasteiger partial charge in [0.25, 0.3) is 11.5 Å². The lowest BCUT2D eigenvalue weighted by Crippen LogP contribution is -2.44. The summed E-state index contributed by atoms with van der Waals surface area (Å²) in [6, 6.07) is 12.1. The summed E-state index contributed by atoms with van der Waals surface area (Å²) in [5, 5.41) is 6.48. The Balaban J connectivity index is 2.11. The minimum absolute atomic E-state index is 0.0861. The van der Waals surface area contributed by atoms with Crippen molar-refractivity contribution in [1.82, 2.24) is 14.3 Å². The summed E-state index contributed by atoms with van der Waals surface area (Å²) in [5.74, 6) is -1.23. The Kier molecular flexibility index (Phi) is 4.98. The van der Waals surface area contributed by atoms with E-state index < -0.39 is 28.7 Å².